The van der Waals surface area contributed by atoms with Gasteiger partial charge < -0.3 is 9.47 Å². The van der Waals surface area contributed by atoms with Gasteiger partial charge >= 0.3 is 11.9 Å². The lowest BCUT2D eigenvalue weighted by Gasteiger charge is -2.20. The first-order valence-corrected chi connectivity index (χ1v) is 9.15. The van der Waals surface area contributed by atoms with E-state index in [2.05, 4.69) is 34.6 Å². The molecular weight excluding hydrogens is 292 g/mol. The minimum atomic E-state index is -0.219. The number of ether oxygens (including phenoxy) is 2. The second kappa shape index (κ2) is 12.4. The lowest BCUT2D eigenvalue weighted by Crippen LogP contribution is -2.23. The van der Waals surface area contributed by atoms with Gasteiger partial charge in [-0.2, -0.15) is 0 Å². The van der Waals surface area contributed by atoms with Crippen LogP contribution < -0.4 is 0 Å². The fraction of sp³-hybridized carbons (Fsp3) is 0.895. The smallest absolute Gasteiger partial charge is 0.306 e. The minimum absolute atomic E-state index is 0.0180. The summed E-state index contributed by atoms with van der Waals surface area (Å²) in [5.41, 5.74) is 0. The summed E-state index contributed by atoms with van der Waals surface area (Å²) in [6, 6.07) is 0. The van der Waals surface area contributed by atoms with Crippen LogP contribution in [0, 0.1) is 11.8 Å². The van der Waals surface area contributed by atoms with E-state index < -0.39 is 0 Å². The second-order valence-corrected chi connectivity index (χ2v) is 7.19. The Morgan fingerprint density at radius 2 is 1.39 bits per heavy atom. The lowest BCUT2D eigenvalue weighted by molar-refractivity contribution is -0.152. The third-order valence-electron chi connectivity index (χ3n) is 3.84. The van der Waals surface area contributed by atoms with Gasteiger partial charge in [0.2, 0.25) is 0 Å². The highest BCUT2D eigenvalue weighted by molar-refractivity contribution is 5.72. The Kier molecular flexibility index (Phi) is 11.8. The molecule has 0 aromatic heterocycles. The van der Waals surface area contributed by atoms with Crippen LogP contribution in [0.25, 0.3) is 0 Å². The van der Waals surface area contributed by atoms with Gasteiger partial charge in [0.1, 0.15) is 6.10 Å². The second-order valence-electron chi connectivity index (χ2n) is 7.19. The Morgan fingerprint density at radius 1 is 0.826 bits per heavy atom. The zero-order chi connectivity index (χ0) is 17.8. The van der Waals surface area contributed by atoms with E-state index in [4.69, 9.17) is 9.47 Å². The van der Waals surface area contributed by atoms with Gasteiger partial charge in [-0.05, 0) is 44.4 Å². The molecule has 2 atom stereocenters. The number of carbonyl (C=O) groups is 2. The summed E-state index contributed by atoms with van der Waals surface area (Å²) in [4.78, 5) is 23.6. The highest BCUT2D eigenvalue weighted by atomic mass is 16.5. The van der Waals surface area contributed by atoms with Crippen molar-refractivity contribution in [1.82, 2.24) is 0 Å². The SMILES string of the molecule is CCCC(OC(=O)CCCC(=O)OC(C)CCC(C)C)C(C)C. The summed E-state index contributed by atoms with van der Waals surface area (Å²) in [7, 11) is 0. The van der Waals surface area contributed by atoms with Crippen LogP contribution in [0.2, 0.25) is 0 Å². The Hall–Kier alpha value is -1.06. The fourth-order valence-corrected chi connectivity index (χ4v) is 2.33. The molecule has 0 heterocycles. The number of hydrogen-bond donors (Lipinski definition) is 0. The maximum Gasteiger partial charge on any atom is 0.306 e. The molecule has 0 aliphatic heterocycles. The van der Waals surface area contributed by atoms with Crippen molar-refractivity contribution in [3.63, 3.8) is 0 Å². The molecule has 0 saturated carbocycles. The van der Waals surface area contributed by atoms with E-state index in [1.165, 1.54) is 0 Å². The van der Waals surface area contributed by atoms with Crippen molar-refractivity contribution in [2.75, 3.05) is 0 Å². The zero-order valence-corrected chi connectivity index (χ0v) is 15.9. The van der Waals surface area contributed by atoms with Crippen molar-refractivity contribution >= 4 is 11.9 Å². The van der Waals surface area contributed by atoms with Gasteiger partial charge in [-0.1, -0.05) is 41.0 Å². The van der Waals surface area contributed by atoms with Gasteiger partial charge in [0.25, 0.3) is 0 Å². The van der Waals surface area contributed by atoms with Crippen molar-refractivity contribution in [3.05, 3.63) is 0 Å². The molecule has 2 unspecified atom stereocenters. The standard InChI is InChI=1S/C19H36O4/c1-7-9-17(15(4)5)23-19(21)11-8-10-18(20)22-16(6)13-12-14(2)3/h14-17H,7-13H2,1-6H3. The highest BCUT2D eigenvalue weighted by Gasteiger charge is 2.18. The molecular formula is C19H36O4. The third-order valence-corrected chi connectivity index (χ3v) is 3.84. The first-order chi connectivity index (χ1) is 10.8. The number of rotatable bonds is 12. The minimum Gasteiger partial charge on any atom is -0.463 e. The van der Waals surface area contributed by atoms with Crippen molar-refractivity contribution < 1.29 is 19.1 Å². The van der Waals surface area contributed by atoms with E-state index in [0.29, 0.717) is 18.3 Å². The highest BCUT2D eigenvalue weighted by Crippen LogP contribution is 2.15. The molecule has 0 saturated heterocycles. The van der Waals surface area contributed by atoms with Crippen molar-refractivity contribution in [1.29, 1.82) is 0 Å². The molecule has 0 N–H and O–H groups in total. The molecule has 0 spiro atoms. The van der Waals surface area contributed by atoms with Crippen LogP contribution in [-0.2, 0) is 19.1 Å². The molecule has 0 fully saturated rings. The van der Waals surface area contributed by atoms with Crippen LogP contribution in [0.3, 0.4) is 0 Å². The van der Waals surface area contributed by atoms with Gasteiger partial charge in [-0.15, -0.1) is 0 Å². The quantitative estimate of drug-likeness (QED) is 0.478. The van der Waals surface area contributed by atoms with Gasteiger partial charge in [0, 0.05) is 12.8 Å². The average Bonchev–Trinajstić information content (AvgIpc) is 2.44. The fourth-order valence-electron chi connectivity index (χ4n) is 2.33. The summed E-state index contributed by atoms with van der Waals surface area (Å²) < 4.78 is 10.8. The summed E-state index contributed by atoms with van der Waals surface area (Å²) in [5, 5.41) is 0. The van der Waals surface area contributed by atoms with Crippen LogP contribution in [0.15, 0.2) is 0 Å². The predicted molar refractivity (Wildman–Crippen MR) is 93.1 cm³/mol. The van der Waals surface area contributed by atoms with Gasteiger partial charge in [-0.25, -0.2) is 0 Å². The van der Waals surface area contributed by atoms with Crippen LogP contribution in [0.4, 0.5) is 0 Å². The van der Waals surface area contributed by atoms with Crippen molar-refractivity contribution in [2.45, 2.75) is 98.7 Å². The first kappa shape index (κ1) is 21.9. The first-order valence-electron chi connectivity index (χ1n) is 9.15. The molecule has 23 heavy (non-hydrogen) atoms. The Labute approximate surface area is 142 Å². The topological polar surface area (TPSA) is 52.6 Å². The molecule has 4 heteroatoms. The molecule has 0 aliphatic rings. The summed E-state index contributed by atoms with van der Waals surface area (Å²) in [6.07, 6.45) is 4.81. The van der Waals surface area contributed by atoms with Crippen molar-refractivity contribution in [3.8, 4) is 0 Å². The van der Waals surface area contributed by atoms with E-state index in [1.807, 2.05) is 6.92 Å². The molecule has 0 amide bonds. The van der Waals surface area contributed by atoms with Crippen molar-refractivity contribution in [2.24, 2.45) is 11.8 Å². The molecule has 0 radical (unpaired) electrons. The predicted octanol–water partition coefficient (Wildman–Crippen LogP) is 4.89. The van der Waals surface area contributed by atoms with E-state index >= 15 is 0 Å². The molecule has 136 valence electrons. The number of esters is 2. The molecule has 0 aliphatic carbocycles. The number of hydrogen-bond acceptors (Lipinski definition) is 4. The van der Waals surface area contributed by atoms with Gasteiger partial charge in [-0.3, -0.25) is 9.59 Å². The molecule has 0 rings (SSSR count). The maximum atomic E-state index is 11.8. The maximum absolute atomic E-state index is 11.8. The summed E-state index contributed by atoms with van der Waals surface area (Å²) in [5.74, 6) is 0.509. The zero-order valence-electron chi connectivity index (χ0n) is 15.9. The third kappa shape index (κ3) is 12.1. The van der Waals surface area contributed by atoms with E-state index in [9.17, 15) is 9.59 Å². The van der Waals surface area contributed by atoms with E-state index in [-0.39, 0.29) is 37.0 Å². The van der Waals surface area contributed by atoms with Crippen LogP contribution in [-0.4, -0.2) is 24.1 Å². The monoisotopic (exact) mass is 328 g/mol. The van der Waals surface area contributed by atoms with Crippen LogP contribution in [0.5, 0.6) is 0 Å². The molecule has 0 aromatic rings. The largest absolute Gasteiger partial charge is 0.463 e. The molecule has 0 aromatic carbocycles. The van der Waals surface area contributed by atoms with E-state index in [1.54, 1.807) is 0 Å². The van der Waals surface area contributed by atoms with E-state index in [0.717, 1.165) is 25.7 Å². The van der Waals surface area contributed by atoms with Gasteiger partial charge in [0.15, 0.2) is 0 Å². The molecule has 0 bridgehead atoms. The Morgan fingerprint density at radius 3 is 1.87 bits per heavy atom. The van der Waals surface area contributed by atoms with Crippen LogP contribution >= 0.6 is 0 Å². The van der Waals surface area contributed by atoms with Gasteiger partial charge in [0.05, 0.1) is 6.10 Å². The molecule has 4 nitrogen and oxygen atoms in total. The average molecular weight is 328 g/mol. The number of carbonyl (C=O) groups excluding carboxylic acids is 2. The van der Waals surface area contributed by atoms with Crippen LogP contribution in [0.1, 0.15) is 86.5 Å². The Bertz CT molecular complexity index is 336. The lowest BCUT2D eigenvalue weighted by atomic mass is 10.0. The Balaban J connectivity index is 3.91. The summed E-state index contributed by atoms with van der Waals surface area (Å²) >= 11 is 0. The summed E-state index contributed by atoms with van der Waals surface area (Å²) in [6.45, 7) is 12.4. The normalized spacial score (nSPS) is 13.9.